The van der Waals surface area contributed by atoms with E-state index in [0.29, 0.717) is 21.4 Å². The monoisotopic (exact) mass is 258 g/mol. The van der Waals surface area contributed by atoms with Gasteiger partial charge in [0.15, 0.2) is 0 Å². The van der Waals surface area contributed by atoms with Gasteiger partial charge in [-0.25, -0.2) is 0 Å². The van der Waals surface area contributed by atoms with Crippen molar-refractivity contribution < 1.29 is 4.74 Å². The summed E-state index contributed by atoms with van der Waals surface area (Å²) in [6.07, 6.45) is 0. The molecule has 0 saturated carbocycles. The Kier molecular flexibility index (Phi) is 4.43. The molecule has 0 fully saturated rings. The van der Waals surface area contributed by atoms with Crippen molar-refractivity contribution in [2.24, 2.45) is 0 Å². The Morgan fingerprint density at radius 3 is 2.38 bits per heavy atom. The van der Waals surface area contributed by atoms with Crippen LogP contribution in [0.5, 0.6) is 5.75 Å². The number of methoxy groups -OCH3 is 1. The summed E-state index contributed by atoms with van der Waals surface area (Å²) in [5.74, 6) is 0.505. The van der Waals surface area contributed by atoms with Crippen LogP contribution in [0.4, 0.5) is 0 Å². The Balaban J connectivity index is 3.25. The average molecular weight is 259 g/mol. The Bertz CT molecular complexity index is 427. The van der Waals surface area contributed by atoms with E-state index in [9.17, 15) is 0 Å². The maximum absolute atomic E-state index is 9.07. The van der Waals surface area contributed by atoms with E-state index in [1.54, 1.807) is 17.0 Å². The van der Waals surface area contributed by atoms with E-state index < -0.39 is 6.04 Å². The van der Waals surface area contributed by atoms with E-state index in [-0.39, 0.29) is 0 Å². The number of nitrogens with zero attached hydrogens (tertiary/aromatic N) is 2. The summed E-state index contributed by atoms with van der Waals surface area (Å²) >= 11 is 12.1. The minimum Gasteiger partial charge on any atom is -0.495 e. The van der Waals surface area contributed by atoms with Crippen molar-refractivity contribution in [3.63, 3.8) is 0 Å². The fourth-order valence-electron chi connectivity index (χ4n) is 1.37. The third-order valence-corrected chi connectivity index (χ3v) is 2.83. The number of hydrogen-bond acceptors (Lipinski definition) is 3. The van der Waals surface area contributed by atoms with E-state index in [1.807, 2.05) is 14.1 Å². The molecule has 1 aromatic rings. The summed E-state index contributed by atoms with van der Waals surface area (Å²) in [6, 6.07) is 5.03. The summed E-state index contributed by atoms with van der Waals surface area (Å²) in [4.78, 5) is 1.77. The lowest BCUT2D eigenvalue weighted by atomic mass is 10.1. The minimum atomic E-state index is -0.420. The van der Waals surface area contributed by atoms with Gasteiger partial charge in [-0.05, 0) is 20.2 Å². The van der Waals surface area contributed by atoms with Crippen LogP contribution in [-0.4, -0.2) is 26.1 Å². The van der Waals surface area contributed by atoms with E-state index in [4.69, 9.17) is 33.2 Å². The highest BCUT2D eigenvalue weighted by molar-refractivity contribution is 6.34. The fraction of sp³-hybridized carbons (Fsp3) is 0.364. The molecule has 0 heterocycles. The molecule has 16 heavy (non-hydrogen) atoms. The number of rotatable bonds is 3. The van der Waals surface area contributed by atoms with E-state index in [1.165, 1.54) is 7.11 Å². The highest BCUT2D eigenvalue weighted by Crippen LogP contribution is 2.35. The number of hydrogen-bond donors (Lipinski definition) is 0. The highest BCUT2D eigenvalue weighted by atomic mass is 35.5. The molecule has 1 atom stereocenters. The van der Waals surface area contributed by atoms with Crippen LogP contribution in [-0.2, 0) is 0 Å². The molecule has 3 nitrogen and oxygen atoms in total. The quantitative estimate of drug-likeness (QED) is 0.836. The second kappa shape index (κ2) is 5.40. The van der Waals surface area contributed by atoms with Gasteiger partial charge in [0.1, 0.15) is 11.8 Å². The molecular formula is C11H12Cl2N2O. The molecule has 0 N–H and O–H groups in total. The first-order chi connectivity index (χ1) is 7.51. The molecule has 1 unspecified atom stereocenters. The molecule has 0 saturated heterocycles. The third-order valence-electron chi connectivity index (χ3n) is 2.20. The SMILES string of the molecule is COc1cc(Cl)c(C(C#N)N(C)C)cc1Cl. The van der Waals surface area contributed by atoms with Crippen molar-refractivity contribution in [3.05, 3.63) is 27.7 Å². The topological polar surface area (TPSA) is 36.3 Å². The number of nitriles is 1. The van der Waals surface area contributed by atoms with Crippen LogP contribution in [0.3, 0.4) is 0 Å². The Hall–Kier alpha value is -0.950. The van der Waals surface area contributed by atoms with Crippen molar-refractivity contribution in [3.8, 4) is 11.8 Å². The summed E-state index contributed by atoms with van der Waals surface area (Å²) in [5.41, 5.74) is 0.681. The first-order valence-corrected chi connectivity index (χ1v) is 5.35. The van der Waals surface area contributed by atoms with E-state index in [2.05, 4.69) is 6.07 Å². The van der Waals surface area contributed by atoms with Gasteiger partial charge >= 0.3 is 0 Å². The van der Waals surface area contributed by atoms with Crippen molar-refractivity contribution in [2.45, 2.75) is 6.04 Å². The summed E-state index contributed by atoms with van der Waals surface area (Å²) in [5, 5.41) is 9.99. The zero-order chi connectivity index (χ0) is 12.3. The van der Waals surface area contributed by atoms with Crippen LogP contribution >= 0.6 is 23.2 Å². The zero-order valence-corrected chi connectivity index (χ0v) is 10.8. The van der Waals surface area contributed by atoms with Gasteiger partial charge in [0.2, 0.25) is 0 Å². The summed E-state index contributed by atoms with van der Waals surface area (Å²) < 4.78 is 5.04. The lowest BCUT2D eigenvalue weighted by Crippen LogP contribution is -2.18. The molecule has 0 amide bonds. The molecule has 5 heteroatoms. The van der Waals surface area contributed by atoms with E-state index >= 15 is 0 Å². The second-order valence-electron chi connectivity index (χ2n) is 3.50. The van der Waals surface area contributed by atoms with Crippen LogP contribution in [0.1, 0.15) is 11.6 Å². The molecule has 1 rings (SSSR count). The third kappa shape index (κ3) is 2.59. The van der Waals surface area contributed by atoms with Crippen molar-refractivity contribution in [1.29, 1.82) is 5.26 Å². The molecule has 0 aliphatic heterocycles. The second-order valence-corrected chi connectivity index (χ2v) is 4.32. The van der Waals surface area contributed by atoms with Gasteiger partial charge < -0.3 is 4.74 Å². The van der Waals surface area contributed by atoms with Crippen LogP contribution in [0, 0.1) is 11.3 Å². The zero-order valence-electron chi connectivity index (χ0n) is 9.29. The largest absolute Gasteiger partial charge is 0.495 e. The smallest absolute Gasteiger partial charge is 0.138 e. The number of ether oxygens (including phenoxy) is 1. The molecule has 0 aliphatic rings. The van der Waals surface area contributed by atoms with Crippen LogP contribution in [0.25, 0.3) is 0 Å². The van der Waals surface area contributed by atoms with Gasteiger partial charge in [-0.2, -0.15) is 5.26 Å². The summed E-state index contributed by atoms with van der Waals surface area (Å²) in [7, 11) is 5.13. The van der Waals surface area contributed by atoms with Gasteiger partial charge in [-0.15, -0.1) is 0 Å². The molecule has 86 valence electrons. The average Bonchev–Trinajstić information content (AvgIpc) is 2.23. The van der Waals surface area contributed by atoms with Crippen LogP contribution in [0.15, 0.2) is 12.1 Å². The van der Waals surface area contributed by atoms with E-state index in [0.717, 1.165) is 0 Å². The maximum Gasteiger partial charge on any atom is 0.138 e. The standard InChI is InChI=1S/C11H12Cl2N2O/c1-15(2)10(6-14)7-4-9(13)11(16-3)5-8(7)12/h4-5,10H,1-3H3. The first kappa shape index (κ1) is 13.1. The minimum absolute atomic E-state index is 0.420. The first-order valence-electron chi connectivity index (χ1n) is 4.60. The van der Waals surface area contributed by atoms with Crippen LogP contribution in [0.2, 0.25) is 10.0 Å². The van der Waals surface area contributed by atoms with Gasteiger partial charge in [0, 0.05) is 11.6 Å². The normalized spacial score (nSPS) is 12.3. The lowest BCUT2D eigenvalue weighted by Gasteiger charge is -2.19. The van der Waals surface area contributed by atoms with Crippen molar-refractivity contribution in [2.75, 3.05) is 21.2 Å². The predicted molar refractivity (Wildman–Crippen MR) is 65.1 cm³/mol. The van der Waals surface area contributed by atoms with Crippen LogP contribution < -0.4 is 4.74 Å². The molecule has 0 aliphatic carbocycles. The molecule has 1 aromatic carbocycles. The maximum atomic E-state index is 9.07. The molecule has 0 radical (unpaired) electrons. The Morgan fingerprint density at radius 2 is 1.94 bits per heavy atom. The van der Waals surface area contributed by atoms with Crippen molar-refractivity contribution >= 4 is 23.2 Å². The van der Waals surface area contributed by atoms with Crippen molar-refractivity contribution in [1.82, 2.24) is 4.90 Å². The predicted octanol–water partition coefficient (Wildman–Crippen LogP) is 3.13. The number of benzene rings is 1. The van der Waals surface area contributed by atoms with Gasteiger partial charge in [0.05, 0.1) is 23.2 Å². The molecule has 0 aromatic heterocycles. The van der Waals surface area contributed by atoms with Gasteiger partial charge in [-0.3, -0.25) is 4.90 Å². The van der Waals surface area contributed by atoms with Gasteiger partial charge in [-0.1, -0.05) is 23.2 Å². The Labute approximate surface area is 105 Å². The highest BCUT2D eigenvalue weighted by Gasteiger charge is 2.18. The fourth-order valence-corrected chi connectivity index (χ4v) is 1.88. The molecular weight excluding hydrogens is 247 g/mol. The Morgan fingerprint density at radius 1 is 1.31 bits per heavy atom. The summed E-state index contributed by atoms with van der Waals surface area (Å²) in [6.45, 7) is 0. The molecule has 0 bridgehead atoms. The number of halogens is 2. The molecule has 0 spiro atoms. The van der Waals surface area contributed by atoms with Gasteiger partial charge in [0.25, 0.3) is 0 Å². The lowest BCUT2D eigenvalue weighted by molar-refractivity contribution is 0.357.